The van der Waals surface area contributed by atoms with Crippen LogP contribution in [0.1, 0.15) is 73.5 Å². The Morgan fingerprint density at radius 2 is 1.78 bits per heavy atom. The molecule has 9 nitrogen and oxygen atoms in total. The Balaban J connectivity index is 1.94. The number of hydrogen-bond acceptors (Lipinski definition) is 5. The van der Waals surface area contributed by atoms with Crippen LogP contribution in [0.15, 0.2) is 78.7 Å². The maximum atomic E-state index is 14.6. The highest BCUT2D eigenvalue weighted by Crippen LogP contribution is 2.22. The molecule has 4 atom stereocenters. The van der Waals surface area contributed by atoms with E-state index in [1.807, 2.05) is 0 Å². The quantitative estimate of drug-likeness (QED) is 0.196. The third-order valence-electron chi connectivity index (χ3n) is 6.97. The van der Waals surface area contributed by atoms with Gasteiger partial charge in [0.1, 0.15) is 11.8 Å². The number of aliphatic hydroxyl groups excluding tert-OH is 1. The van der Waals surface area contributed by atoms with Crippen LogP contribution in [0.5, 0.6) is 5.75 Å². The van der Waals surface area contributed by atoms with E-state index in [4.69, 9.17) is 23.9 Å². The van der Waals surface area contributed by atoms with Gasteiger partial charge in [-0.1, -0.05) is 92.4 Å². The molecule has 46 heavy (non-hydrogen) atoms. The lowest BCUT2D eigenvalue weighted by atomic mass is 9.92. The van der Waals surface area contributed by atoms with Crippen LogP contribution in [-0.2, 0) is 22.4 Å². The smallest absolute Gasteiger partial charge is 0.318 e. The molecule has 0 spiro atoms. The molecule has 1 aliphatic rings. The Labute approximate surface area is 298 Å². The summed E-state index contributed by atoms with van der Waals surface area (Å²) >= 11 is 0. The molecule has 0 saturated carbocycles. The number of aliphatic hydroxyl groups is 1. The highest BCUT2D eigenvalue weighted by Gasteiger charge is 2.35. The molecule has 0 bridgehead atoms. The number of benzene rings is 3. The maximum Gasteiger partial charge on any atom is 0.318 e. The lowest BCUT2D eigenvalue weighted by Crippen LogP contribution is -2.59. The fourth-order valence-electron chi connectivity index (χ4n) is 4.80. The van der Waals surface area contributed by atoms with Crippen LogP contribution in [0.3, 0.4) is 0 Å². The Hall–Kier alpha value is -4.37. The van der Waals surface area contributed by atoms with Gasteiger partial charge in [-0.05, 0) is 67.6 Å². The number of hydrogen-bond donors (Lipinski definition) is 4. The Kier molecular flexibility index (Phi) is 6.40. The van der Waals surface area contributed by atoms with Crippen molar-refractivity contribution in [1.82, 2.24) is 20.9 Å². The van der Waals surface area contributed by atoms with Gasteiger partial charge in [-0.15, -0.1) is 0 Å². The van der Waals surface area contributed by atoms with Crippen LogP contribution in [0.25, 0.3) is 0 Å². The van der Waals surface area contributed by atoms with Crippen LogP contribution in [0, 0.1) is 19.7 Å². The third-order valence-corrected chi connectivity index (χ3v) is 6.97. The highest BCUT2D eigenvalue weighted by atomic mass is 16.5. The summed E-state index contributed by atoms with van der Waals surface area (Å²) < 4.78 is 159. The van der Waals surface area contributed by atoms with Crippen molar-refractivity contribution < 1.29 is 48.9 Å². The van der Waals surface area contributed by atoms with E-state index in [-0.39, 0.29) is 23.6 Å². The second kappa shape index (κ2) is 16.8. The molecule has 4 rings (SSSR count). The second-order valence-electron chi connectivity index (χ2n) is 10.5. The van der Waals surface area contributed by atoms with Gasteiger partial charge in [0.25, 0.3) is 5.91 Å². The van der Waals surface area contributed by atoms with E-state index < -0.39 is 130 Å². The number of carbonyl (C=O) groups is 3. The van der Waals surface area contributed by atoms with Gasteiger partial charge < -0.3 is 30.7 Å². The average Bonchev–Trinajstić information content (AvgIpc) is 3.19. The minimum Gasteiger partial charge on any atom is -0.483 e. The zero-order valence-electron chi connectivity index (χ0n) is 43.3. The maximum absolute atomic E-state index is 14.6. The molecule has 3 aromatic carbocycles. The van der Waals surface area contributed by atoms with Crippen LogP contribution < -0.4 is 20.7 Å². The van der Waals surface area contributed by atoms with Gasteiger partial charge in [0.15, 0.2) is 6.56 Å². The molecule has 0 aromatic heterocycles. The largest absolute Gasteiger partial charge is 0.483 e. The van der Waals surface area contributed by atoms with Gasteiger partial charge in [-0.2, -0.15) is 0 Å². The molecule has 246 valence electrons. The van der Waals surface area contributed by atoms with Gasteiger partial charge in [0, 0.05) is 31.5 Å². The molecule has 4 amide bonds. The summed E-state index contributed by atoms with van der Waals surface area (Å²) in [6.07, 6.45) is -8.15. The van der Waals surface area contributed by atoms with Crippen LogP contribution in [-0.4, -0.2) is 71.7 Å². The van der Waals surface area contributed by atoms with Crippen molar-refractivity contribution in [3.63, 3.8) is 0 Å². The van der Waals surface area contributed by atoms with Crippen molar-refractivity contribution in [3.05, 3.63) is 101 Å². The number of aryl methyl sites for hydroxylation is 2. The summed E-state index contributed by atoms with van der Waals surface area (Å²) in [6, 6.07) is -3.84. The Morgan fingerprint density at radius 1 is 1.07 bits per heavy atom. The zero-order valence-corrected chi connectivity index (χ0v) is 25.3. The number of ether oxygens (including phenoxy) is 1. The summed E-state index contributed by atoms with van der Waals surface area (Å²) in [4.78, 5) is 42.1. The van der Waals surface area contributed by atoms with Crippen LogP contribution in [0.4, 0.5) is 4.79 Å². The zero-order chi connectivity index (χ0) is 48.8. The van der Waals surface area contributed by atoms with Crippen molar-refractivity contribution in [2.75, 3.05) is 19.6 Å². The summed E-state index contributed by atoms with van der Waals surface area (Å²) in [5.74, 6) is -7.97. The molecule has 3 aromatic rings. The van der Waals surface area contributed by atoms with E-state index in [2.05, 4.69) is 10.6 Å². The molecule has 0 radical (unpaired) electrons. The molecule has 1 heterocycles. The van der Waals surface area contributed by atoms with E-state index in [9.17, 15) is 25.0 Å². The Bertz CT molecular complexity index is 2180. The molecule has 0 aliphatic carbocycles. The average molecular weight is 647 g/mol. The predicted molar refractivity (Wildman–Crippen MR) is 180 cm³/mol. The highest BCUT2D eigenvalue weighted by molar-refractivity contribution is 5.87. The molecule has 1 aliphatic heterocycles. The third kappa shape index (κ3) is 9.81. The number of nitrogens with one attached hydrogen (secondary N) is 3. The summed E-state index contributed by atoms with van der Waals surface area (Å²) in [5.41, 5.74) is -0.252. The van der Waals surface area contributed by atoms with Gasteiger partial charge in [-0.3, -0.25) is 9.59 Å². The fraction of sp³-hybridized carbons (Fsp3) is 0.432. The van der Waals surface area contributed by atoms with Crippen molar-refractivity contribution in [2.24, 2.45) is 5.89 Å². The van der Waals surface area contributed by atoms with Gasteiger partial charge in [-0.25, -0.2) is 4.79 Å². The van der Waals surface area contributed by atoms with Crippen molar-refractivity contribution >= 4 is 17.8 Å². The van der Waals surface area contributed by atoms with Gasteiger partial charge in [0.05, 0.1) is 24.5 Å². The number of carbonyl (C=O) groups excluding carboxylic acids is 3. The molecule has 1 fully saturated rings. The van der Waals surface area contributed by atoms with E-state index >= 15 is 0 Å². The number of nitrogens with zero attached hydrogens (tertiary/aromatic N) is 1. The lowest BCUT2D eigenvalue weighted by Gasteiger charge is -2.37. The number of para-hydroxylation sites is 1. The summed E-state index contributed by atoms with van der Waals surface area (Å²) in [7, 11) is 0. The molecule has 1 saturated heterocycles. The number of rotatable bonds is 15. The second-order valence-corrected chi connectivity index (χ2v) is 10.5. The topological polar surface area (TPSA) is 120 Å². The molecule has 4 N–H and O–H groups in total. The first kappa shape index (κ1) is 17.5. The predicted octanol–water partition coefficient (Wildman–Crippen LogP) is 4.33. The van der Waals surface area contributed by atoms with E-state index in [1.165, 1.54) is 50.2 Å². The van der Waals surface area contributed by atoms with E-state index in [1.54, 1.807) is 17.4 Å². The minimum absolute atomic E-state index is 0.0246. The lowest BCUT2D eigenvalue weighted by molar-refractivity contribution is -0.128. The van der Waals surface area contributed by atoms with Crippen molar-refractivity contribution in [3.8, 4) is 5.75 Å². The minimum atomic E-state index is -4.08. The summed E-state index contributed by atoms with van der Waals surface area (Å²) in [6.45, 7) is -8.96. The van der Waals surface area contributed by atoms with Gasteiger partial charge in [0.2, 0.25) is 5.91 Å². The Morgan fingerprint density at radius 3 is 2.46 bits per heavy atom. The summed E-state index contributed by atoms with van der Waals surface area (Å²) in [5, 5.41) is 18.5. The molecular formula is C37H48N4O5. The first-order valence-electron chi connectivity index (χ1n) is 23.5. The first-order chi connectivity index (χ1) is 29.2. The van der Waals surface area contributed by atoms with Crippen LogP contribution >= 0.6 is 0 Å². The SMILES string of the molecule is [2H]c1c([2H])c([2H])c(C([2H])([2H])[C@@]([2H])(NC(=O)C([2H])([2H])Oc2c(C)cccc2C)[C@@H](O)C[C@H](Cc2ccccc2)NC(=O)[C@@]([2H])(N2CCCNC2=O)C([2H])(C([2H])([2H])[2H])C([2H])([2H])[2H])c([2H])c1[2H]. The molecule has 9 heteroatoms. The normalized spacial score (nSPS) is 24.2. The number of amides is 4. The first-order valence-corrected chi connectivity index (χ1v) is 14.5. The number of urea groups is 1. The van der Waals surface area contributed by atoms with E-state index in [0.717, 1.165) is 0 Å². The van der Waals surface area contributed by atoms with Gasteiger partial charge >= 0.3 is 6.03 Å². The molecular weight excluding hydrogens is 580 g/mol. The standard InChI is InChI=1S/C37H48N4O5/c1-25(2)34(41-20-12-19-38-37(41)45)36(44)39-30(21-28-15-7-5-8-16-28)23-32(42)31(22-29-17-9-6-10-18-29)40-33(43)24-46-35-26(3)13-11-14-27(35)4/h5-11,13-18,25,30-32,34,42H,12,19-24H2,1-4H3,(H,38,45)(H,39,44)(H,40,43)/t30-,31+,32-,34-/m0/s1/i1D3,2D3,6D,9D,10D,17D,18D,22D2,24D2,25D,31D,34D. The van der Waals surface area contributed by atoms with E-state index in [0.29, 0.717) is 16.7 Å². The van der Waals surface area contributed by atoms with Crippen molar-refractivity contribution in [2.45, 2.75) is 77.4 Å². The van der Waals surface area contributed by atoms with Crippen molar-refractivity contribution in [1.29, 1.82) is 0 Å². The fourth-order valence-corrected chi connectivity index (χ4v) is 4.80. The monoisotopic (exact) mass is 646 g/mol. The molecule has 0 unspecified atom stereocenters. The van der Waals surface area contributed by atoms with Crippen LogP contribution in [0.2, 0.25) is 0 Å².